The molecule has 2 aromatic rings. The van der Waals surface area contributed by atoms with E-state index in [0.717, 1.165) is 16.4 Å². The van der Waals surface area contributed by atoms with Crippen LogP contribution in [0, 0.1) is 0 Å². The van der Waals surface area contributed by atoms with Crippen LogP contribution >= 0.6 is 10.5 Å². The Kier molecular flexibility index (Phi) is 3.42. The maximum atomic E-state index is 5.84. The zero-order valence-corrected chi connectivity index (χ0v) is 10.0. The van der Waals surface area contributed by atoms with Gasteiger partial charge >= 0.3 is 0 Å². The number of benzene rings is 2. The summed E-state index contributed by atoms with van der Waals surface area (Å²) < 4.78 is 5.84. The standard InChI is InChI=1S/C14H14OS/c1-16(2)14-11-7-6-10-13(14)15-12-8-4-3-5-9-12/h3-11H,1H2,2H3. The molecule has 0 bridgehead atoms. The van der Waals surface area contributed by atoms with Crippen molar-refractivity contribution in [1.82, 2.24) is 0 Å². The van der Waals surface area contributed by atoms with E-state index >= 15 is 0 Å². The maximum Gasteiger partial charge on any atom is 0.140 e. The third kappa shape index (κ3) is 2.52. The topological polar surface area (TPSA) is 9.23 Å². The molecule has 0 N–H and O–H groups in total. The zero-order chi connectivity index (χ0) is 11.4. The molecule has 0 heterocycles. The molecule has 0 aliphatic rings. The van der Waals surface area contributed by atoms with E-state index in [1.54, 1.807) is 0 Å². The van der Waals surface area contributed by atoms with Crippen LogP contribution in [0.15, 0.2) is 59.5 Å². The molecule has 0 radical (unpaired) electrons. The minimum absolute atomic E-state index is 0.0392. The third-order valence-electron chi connectivity index (χ3n) is 2.20. The van der Waals surface area contributed by atoms with E-state index in [-0.39, 0.29) is 10.5 Å². The quantitative estimate of drug-likeness (QED) is 0.719. The Balaban J connectivity index is 2.31. The van der Waals surface area contributed by atoms with Gasteiger partial charge in [0.05, 0.1) is 0 Å². The van der Waals surface area contributed by atoms with E-state index in [1.165, 1.54) is 0 Å². The second-order valence-corrected chi connectivity index (χ2v) is 5.21. The van der Waals surface area contributed by atoms with E-state index in [4.69, 9.17) is 4.74 Å². The van der Waals surface area contributed by atoms with Crippen molar-refractivity contribution in [3.05, 3.63) is 54.6 Å². The Morgan fingerprint density at radius 3 is 2.25 bits per heavy atom. The Labute approximate surface area is 98.6 Å². The predicted octanol–water partition coefficient (Wildman–Crippen LogP) is 4.17. The van der Waals surface area contributed by atoms with Crippen LogP contribution in [0.1, 0.15) is 0 Å². The Morgan fingerprint density at radius 1 is 0.938 bits per heavy atom. The highest BCUT2D eigenvalue weighted by atomic mass is 32.2. The van der Waals surface area contributed by atoms with Crippen molar-refractivity contribution in [2.45, 2.75) is 4.90 Å². The van der Waals surface area contributed by atoms with Crippen LogP contribution in [0.5, 0.6) is 11.5 Å². The highest BCUT2D eigenvalue weighted by molar-refractivity contribution is 8.13. The average molecular weight is 230 g/mol. The highest BCUT2D eigenvalue weighted by Crippen LogP contribution is 2.33. The fraction of sp³-hybridized carbons (Fsp3) is 0.0714. The van der Waals surface area contributed by atoms with Crippen molar-refractivity contribution in [1.29, 1.82) is 0 Å². The second kappa shape index (κ2) is 4.99. The normalized spacial score (nSPS) is 12.1. The monoisotopic (exact) mass is 230 g/mol. The largest absolute Gasteiger partial charge is 0.456 e. The first kappa shape index (κ1) is 11.0. The number of para-hydroxylation sites is 2. The number of hydrogen-bond acceptors (Lipinski definition) is 1. The first-order chi connectivity index (χ1) is 7.77. The summed E-state index contributed by atoms with van der Waals surface area (Å²) in [5.41, 5.74) is 0. The van der Waals surface area contributed by atoms with Gasteiger partial charge in [0.25, 0.3) is 0 Å². The highest BCUT2D eigenvalue weighted by Gasteiger charge is 2.03. The van der Waals surface area contributed by atoms with Gasteiger partial charge in [0.15, 0.2) is 0 Å². The molecule has 16 heavy (non-hydrogen) atoms. The first-order valence-electron chi connectivity index (χ1n) is 5.05. The molecular formula is C14H14OS. The lowest BCUT2D eigenvalue weighted by molar-refractivity contribution is 0.471. The minimum Gasteiger partial charge on any atom is -0.456 e. The second-order valence-electron chi connectivity index (χ2n) is 3.50. The molecular weight excluding hydrogens is 216 g/mol. The summed E-state index contributed by atoms with van der Waals surface area (Å²) in [6, 6.07) is 17.9. The lowest BCUT2D eigenvalue weighted by atomic mass is 10.3. The molecule has 0 saturated heterocycles. The van der Waals surface area contributed by atoms with Gasteiger partial charge in [0.2, 0.25) is 0 Å². The molecule has 0 spiro atoms. The van der Waals surface area contributed by atoms with E-state index < -0.39 is 0 Å². The lowest BCUT2D eigenvalue weighted by Crippen LogP contribution is -1.86. The van der Waals surface area contributed by atoms with Gasteiger partial charge in [0, 0.05) is 4.90 Å². The molecule has 2 heteroatoms. The van der Waals surface area contributed by atoms with Crippen molar-refractivity contribution in [3.63, 3.8) is 0 Å². The van der Waals surface area contributed by atoms with Crippen molar-refractivity contribution >= 4 is 16.4 Å². The molecule has 0 aliphatic carbocycles. The van der Waals surface area contributed by atoms with Crippen LogP contribution in [0.4, 0.5) is 0 Å². The summed E-state index contributed by atoms with van der Waals surface area (Å²) in [6.07, 6.45) is 2.09. The molecule has 0 aliphatic heterocycles. The Hall–Kier alpha value is -1.54. The number of hydrogen-bond donors (Lipinski definition) is 0. The van der Waals surface area contributed by atoms with Crippen LogP contribution < -0.4 is 4.74 Å². The SMILES string of the molecule is C=S(C)c1ccccc1Oc1ccccc1. The molecule has 1 nitrogen and oxygen atoms in total. The fourth-order valence-corrected chi connectivity index (χ4v) is 2.20. The molecule has 82 valence electrons. The molecule has 1 atom stereocenters. The molecule has 0 amide bonds. The zero-order valence-electron chi connectivity index (χ0n) is 9.22. The van der Waals surface area contributed by atoms with E-state index in [1.807, 2.05) is 48.5 Å². The summed E-state index contributed by atoms with van der Waals surface area (Å²) in [7, 11) is -0.0392. The molecule has 2 rings (SSSR count). The Bertz CT molecular complexity index is 491. The van der Waals surface area contributed by atoms with E-state index in [0.29, 0.717) is 0 Å². The fourth-order valence-electron chi connectivity index (χ4n) is 1.44. The van der Waals surface area contributed by atoms with Crippen molar-refractivity contribution in [2.24, 2.45) is 0 Å². The smallest absolute Gasteiger partial charge is 0.140 e. The lowest BCUT2D eigenvalue weighted by Gasteiger charge is -2.10. The van der Waals surface area contributed by atoms with Gasteiger partial charge < -0.3 is 4.74 Å². The summed E-state index contributed by atoms with van der Waals surface area (Å²) in [5, 5.41) is 0. The molecule has 2 aromatic carbocycles. The van der Waals surface area contributed by atoms with Crippen LogP contribution in [-0.2, 0) is 0 Å². The average Bonchev–Trinajstić information content (AvgIpc) is 2.31. The summed E-state index contributed by atoms with van der Waals surface area (Å²) in [5.74, 6) is 5.82. The predicted molar refractivity (Wildman–Crippen MR) is 71.9 cm³/mol. The van der Waals surface area contributed by atoms with Gasteiger partial charge in [-0.3, -0.25) is 0 Å². The van der Waals surface area contributed by atoms with Crippen molar-refractivity contribution in [3.8, 4) is 11.5 Å². The van der Waals surface area contributed by atoms with Crippen LogP contribution in [0.2, 0.25) is 0 Å². The molecule has 0 aromatic heterocycles. The van der Waals surface area contributed by atoms with Crippen LogP contribution in [0.25, 0.3) is 0 Å². The molecule has 0 saturated carbocycles. The van der Waals surface area contributed by atoms with Gasteiger partial charge in [-0.2, -0.15) is 10.5 Å². The van der Waals surface area contributed by atoms with Crippen molar-refractivity contribution < 1.29 is 4.74 Å². The van der Waals surface area contributed by atoms with E-state index in [2.05, 4.69) is 18.2 Å². The van der Waals surface area contributed by atoms with Gasteiger partial charge in [-0.15, -0.1) is 0 Å². The van der Waals surface area contributed by atoms with Gasteiger partial charge in [0.1, 0.15) is 11.5 Å². The van der Waals surface area contributed by atoms with Gasteiger partial charge in [-0.05, 0) is 30.5 Å². The maximum absolute atomic E-state index is 5.84. The molecule has 1 unspecified atom stereocenters. The Morgan fingerprint density at radius 2 is 1.56 bits per heavy atom. The van der Waals surface area contributed by atoms with Gasteiger partial charge in [-0.1, -0.05) is 36.2 Å². The van der Waals surface area contributed by atoms with E-state index in [9.17, 15) is 0 Å². The van der Waals surface area contributed by atoms with Crippen LogP contribution in [-0.4, -0.2) is 12.1 Å². The van der Waals surface area contributed by atoms with Crippen LogP contribution in [0.3, 0.4) is 0 Å². The summed E-state index contributed by atoms with van der Waals surface area (Å²) >= 11 is 0. The summed E-state index contributed by atoms with van der Waals surface area (Å²) in [6.45, 7) is 0. The van der Waals surface area contributed by atoms with Crippen molar-refractivity contribution in [2.75, 3.05) is 6.26 Å². The summed E-state index contributed by atoms with van der Waals surface area (Å²) in [4.78, 5) is 1.16. The van der Waals surface area contributed by atoms with Gasteiger partial charge in [-0.25, -0.2) is 0 Å². The third-order valence-corrected chi connectivity index (χ3v) is 3.28. The first-order valence-corrected chi connectivity index (χ1v) is 6.85. The number of ether oxygens (including phenoxy) is 1. The minimum atomic E-state index is -0.0392. The molecule has 0 fully saturated rings. The number of rotatable bonds is 3.